The van der Waals surface area contributed by atoms with Crippen LogP contribution in [0, 0.1) is 0 Å². The summed E-state index contributed by atoms with van der Waals surface area (Å²) in [6.07, 6.45) is 0. The highest BCUT2D eigenvalue weighted by Gasteiger charge is 2.07. The summed E-state index contributed by atoms with van der Waals surface area (Å²) in [5, 5.41) is -0.282. The topological polar surface area (TPSA) is 17.1 Å². The maximum Gasteiger partial charge on any atom is 0.148 e. The van der Waals surface area contributed by atoms with E-state index in [1.807, 2.05) is 0 Å². The van der Waals surface area contributed by atoms with Crippen molar-refractivity contribution in [2.24, 2.45) is 0 Å². The maximum atomic E-state index is 10.5. The number of carbonyl (C=O) groups is 1. The van der Waals surface area contributed by atoms with Gasteiger partial charge in [-0.25, -0.2) is 0 Å². The van der Waals surface area contributed by atoms with Crippen LogP contribution in [0.15, 0.2) is 0 Å². The van der Waals surface area contributed by atoms with Crippen LogP contribution in [0.3, 0.4) is 0 Å². The molecule has 0 aromatic rings. The summed E-state index contributed by atoms with van der Waals surface area (Å²) >= 11 is 7.32. The lowest BCUT2D eigenvalue weighted by atomic mass is 10.3. The molecule has 1 atom stereocenters. The number of hydrogen-bond donors (Lipinski definition) is 0. The van der Waals surface area contributed by atoms with Crippen molar-refractivity contribution in [3.05, 3.63) is 0 Å². The highest BCUT2D eigenvalue weighted by molar-refractivity contribution is 7.99. The Hall–Kier alpha value is 0.310. The predicted octanol–water partition coefficient (Wildman–Crippen LogP) is 1.94. The highest BCUT2D eigenvalue weighted by Crippen LogP contribution is 2.07. The number of rotatable bonds is 4. The van der Waals surface area contributed by atoms with Crippen LogP contribution in [-0.2, 0) is 4.79 Å². The van der Waals surface area contributed by atoms with Gasteiger partial charge in [-0.15, -0.1) is 11.6 Å². The first kappa shape index (κ1) is 9.31. The van der Waals surface area contributed by atoms with E-state index in [1.165, 1.54) is 6.92 Å². The molecule has 0 radical (unpaired) electrons. The average Bonchev–Trinajstić information content (AvgIpc) is 1.82. The van der Waals surface area contributed by atoms with Gasteiger partial charge >= 0.3 is 0 Å². The van der Waals surface area contributed by atoms with E-state index in [-0.39, 0.29) is 11.2 Å². The first-order valence-corrected chi connectivity index (χ1v) is 4.49. The van der Waals surface area contributed by atoms with Crippen molar-refractivity contribution < 1.29 is 4.79 Å². The van der Waals surface area contributed by atoms with Crippen molar-refractivity contribution in [3.8, 4) is 0 Å². The largest absolute Gasteiger partial charge is 0.298 e. The van der Waals surface area contributed by atoms with E-state index >= 15 is 0 Å². The summed E-state index contributed by atoms with van der Waals surface area (Å²) < 4.78 is 0. The fraction of sp³-hybridized carbons (Fsp3) is 0.833. The van der Waals surface area contributed by atoms with Gasteiger partial charge < -0.3 is 0 Å². The Morgan fingerprint density at radius 2 is 2.33 bits per heavy atom. The molecule has 0 bridgehead atoms. The van der Waals surface area contributed by atoms with Crippen LogP contribution in [0.25, 0.3) is 0 Å². The molecule has 0 N–H and O–H groups in total. The third-order valence-electron chi connectivity index (χ3n) is 0.909. The molecule has 0 aliphatic rings. The molecular weight excluding hydrogens is 156 g/mol. The van der Waals surface area contributed by atoms with Gasteiger partial charge in [-0.3, -0.25) is 4.79 Å². The minimum Gasteiger partial charge on any atom is -0.298 e. The second kappa shape index (κ2) is 5.12. The van der Waals surface area contributed by atoms with E-state index in [0.717, 1.165) is 11.5 Å². The monoisotopic (exact) mass is 166 g/mol. The lowest BCUT2D eigenvalue weighted by Crippen LogP contribution is -2.12. The molecule has 0 saturated heterocycles. The summed E-state index contributed by atoms with van der Waals surface area (Å²) in [4.78, 5) is 10.5. The molecule has 0 spiro atoms. The molecule has 3 heteroatoms. The van der Waals surface area contributed by atoms with Crippen LogP contribution in [0.5, 0.6) is 0 Å². The average molecular weight is 167 g/mol. The van der Waals surface area contributed by atoms with Crippen molar-refractivity contribution in [2.45, 2.75) is 19.2 Å². The molecular formula is C6H11ClOS. The van der Waals surface area contributed by atoms with Gasteiger partial charge in [0, 0.05) is 5.75 Å². The Kier molecular flexibility index (Phi) is 5.30. The van der Waals surface area contributed by atoms with Crippen molar-refractivity contribution in [1.29, 1.82) is 0 Å². The van der Waals surface area contributed by atoms with Crippen molar-refractivity contribution in [2.75, 3.05) is 11.5 Å². The van der Waals surface area contributed by atoms with E-state index in [0.29, 0.717) is 0 Å². The molecule has 0 aliphatic heterocycles. The van der Waals surface area contributed by atoms with E-state index in [2.05, 4.69) is 6.92 Å². The number of alkyl halides is 1. The van der Waals surface area contributed by atoms with Gasteiger partial charge in [0.1, 0.15) is 11.2 Å². The zero-order valence-corrected chi connectivity index (χ0v) is 7.26. The van der Waals surface area contributed by atoms with Crippen LogP contribution in [0.2, 0.25) is 0 Å². The van der Waals surface area contributed by atoms with E-state index < -0.39 is 0 Å². The quantitative estimate of drug-likeness (QED) is 0.594. The lowest BCUT2D eigenvalue weighted by molar-refractivity contribution is -0.116. The van der Waals surface area contributed by atoms with Gasteiger partial charge in [-0.05, 0) is 12.7 Å². The molecule has 1 unspecified atom stereocenters. The van der Waals surface area contributed by atoms with E-state index in [4.69, 9.17) is 11.6 Å². The van der Waals surface area contributed by atoms with Crippen molar-refractivity contribution in [3.63, 3.8) is 0 Å². The molecule has 0 aromatic carbocycles. The minimum absolute atomic E-state index is 0.0672. The Morgan fingerprint density at radius 3 is 2.67 bits per heavy atom. The highest BCUT2D eigenvalue weighted by atomic mass is 35.5. The summed E-state index contributed by atoms with van der Waals surface area (Å²) in [5.74, 6) is 1.83. The molecule has 1 nitrogen and oxygen atoms in total. The van der Waals surface area contributed by atoms with Crippen LogP contribution in [-0.4, -0.2) is 22.7 Å². The molecule has 0 fully saturated rings. The van der Waals surface area contributed by atoms with Crippen LogP contribution < -0.4 is 0 Å². The molecule has 0 aliphatic carbocycles. The molecule has 0 heterocycles. The minimum atomic E-state index is -0.282. The predicted molar refractivity (Wildman–Crippen MR) is 43.3 cm³/mol. The van der Waals surface area contributed by atoms with E-state index in [9.17, 15) is 4.79 Å². The number of carbonyl (C=O) groups excluding carboxylic acids is 1. The van der Waals surface area contributed by atoms with E-state index in [1.54, 1.807) is 11.8 Å². The molecule has 0 saturated carbocycles. The van der Waals surface area contributed by atoms with Gasteiger partial charge in [-0.2, -0.15) is 11.8 Å². The van der Waals surface area contributed by atoms with Crippen LogP contribution in [0.1, 0.15) is 13.8 Å². The Morgan fingerprint density at radius 1 is 1.78 bits per heavy atom. The summed E-state index contributed by atoms with van der Waals surface area (Å²) in [5.41, 5.74) is 0. The van der Waals surface area contributed by atoms with Gasteiger partial charge in [0.05, 0.1) is 0 Å². The Bertz CT molecular complexity index is 95.1. The second-order valence-corrected chi connectivity index (χ2v) is 3.58. The lowest BCUT2D eigenvalue weighted by Gasteiger charge is -2.01. The molecule has 0 aromatic heterocycles. The van der Waals surface area contributed by atoms with Gasteiger partial charge in [0.2, 0.25) is 0 Å². The molecule has 0 rings (SSSR count). The molecule has 0 amide bonds. The Balaban J connectivity index is 3.27. The summed E-state index contributed by atoms with van der Waals surface area (Å²) in [7, 11) is 0. The standard InChI is InChI=1S/C6H11ClOS/c1-3-9-4-6(7)5(2)8/h6H,3-4H2,1-2H3. The third-order valence-corrected chi connectivity index (χ3v) is 2.53. The zero-order valence-electron chi connectivity index (χ0n) is 5.69. The first-order chi connectivity index (χ1) is 4.18. The zero-order chi connectivity index (χ0) is 7.28. The third kappa shape index (κ3) is 4.79. The SMILES string of the molecule is CCSCC(Cl)C(C)=O. The fourth-order valence-electron chi connectivity index (χ4n) is 0.339. The number of halogens is 1. The van der Waals surface area contributed by atoms with Gasteiger partial charge in [0.25, 0.3) is 0 Å². The van der Waals surface area contributed by atoms with Crippen LogP contribution in [0.4, 0.5) is 0 Å². The van der Waals surface area contributed by atoms with Crippen molar-refractivity contribution >= 4 is 29.1 Å². The number of Topliss-reactive ketones (excluding diaryl/α,β-unsaturated/α-hetero) is 1. The summed E-state index contributed by atoms with van der Waals surface area (Å²) in [6, 6.07) is 0. The maximum absolute atomic E-state index is 10.5. The molecule has 9 heavy (non-hydrogen) atoms. The number of ketones is 1. The Labute approximate surface area is 65.2 Å². The van der Waals surface area contributed by atoms with Gasteiger partial charge in [-0.1, -0.05) is 6.92 Å². The normalized spacial score (nSPS) is 13.2. The van der Waals surface area contributed by atoms with Crippen molar-refractivity contribution in [1.82, 2.24) is 0 Å². The summed E-state index contributed by atoms with van der Waals surface area (Å²) in [6.45, 7) is 3.57. The first-order valence-electron chi connectivity index (χ1n) is 2.90. The van der Waals surface area contributed by atoms with Crippen LogP contribution >= 0.6 is 23.4 Å². The smallest absolute Gasteiger partial charge is 0.148 e. The number of thioether (sulfide) groups is 1. The van der Waals surface area contributed by atoms with Gasteiger partial charge in [0.15, 0.2) is 0 Å². The fourth-order valence-corrected chi connectivity index (χ4v) is 1.28. The second-order valence-electron chi connectivity index (χ2n) is 1.74. The molecule has 54 valence electrons. The number of hydrogen-bond acceptors (Lipinski definition) is 2.